The van der Waals surface area contributed by atoms with Gasteiger partial charge in [0.1, 0.15) is 0 Å². The maximum absolute atomic E-state index is 4.43. The number of rotatable bonds is 5. The lowest BCUT2D eigenvalue weighted by Gasteiger charge is -2.21. The van der Waals surface area contributed by atoms with Crippen molar-refractivity contribution in [3.8, 4) is 0 Å². The van der Waals surface area contributed by atoms with E-state index in [4.69, 9.17) is 0 Å². The van der Waals surface area contributed by atoms with Gasteiger partial charge in [-0.15, -0.1) is 24.0 Å². The highest BCUT2D eigenvalue weighted by atomic mass is 127. The fraction of sp³-hybridized carbons (Fsp3) is 0.714. The molecule has 0 saturated heterocycles. The molecule has 1 aromatic rings. The SMILES string of the molecule is CCCCN(C)C(=NC)NCc1c(C)nn(C)c1C.I. The van der Waals surface area contributed by atoms with Crippen LogP contribution >= 0.6 is 24.0 Å². The molecule has 0 spiro atoms. The lowest BCUT2D eigenvalue weighted by atomic mass is 10.2. The first-order chi connectivity index (χ1) is 9.01. The van der Waals surface area contributed by atoms with Crippen LogP contribution in [0.25, 0.3) is 0 Å². The van der Waals surface area contributed by atoms with E-state index in [1.165, 1.54) is 24.1 Å². The van der Waals surface area contributed by atoms with Crippen LogP contribution < -0.4 is 5.32 Å². The molecule has 0 aliphatic heterocycles. The van der Waals surface area contributed by atoms with E-state index in [9.17, 15) is 0 Å². The first kappa shape index (κ1) is 19.2. The lowest BCUT2D eigenvalue weighted by Crippen LogP contribution is -2.39. The molecule has 0 aliphatic carbocycles. The minimum absolute atomic E-state index is 0. The molecular formula is C14H28IN5. The number of unbranched alkanes of at least 4 members (excludes halogenated alkanes) is 1. The summed E-state index contributed by atoms with van der Waals surface area (Å²) in [6, 6.07) is 0. The van der Waals surface area contributed by atoms with Crippen LogP contribution in [0.2, 0.25) is 0 Å². The van der Waals surface area contributed by atoms with E-state index in [1.54, 1.807) is 0 Å². The summed E-state index contributed by atoms with van der Waals surface area (Å²) in [6.07, 6.45) is 2.38. The first-order valence-corrected chi connectivity index (χ1v) is 6.92. The van der Waals surface area contributed by atoms with Crippen LogP contribution in [0.15, 0.2) is 4.99 Å². The van der Waals surface area contributed by atoms with Crippen molar-refractivity contribution in [1.29, 1.82) is 0 Å². The van der Waals surface area contributed by atoms with Crippen molar-refractivity contribution in [3.63, 3.8) is 0 Å². The van der Waals surface area contributed by atoms with Crippen molar-refractivity contribution in [2.45, 2.75) is 40.2 Å². The van der Waals surface area contributed by atoms with Crippen LogP contribution in [0.5, 0.6) is 0 Å². The number of hydrogen-bond acceptors (Lipinski definition) is 2. The number of halogens is 1. The topological polar surface area (TPSA) is 45.4 Å². The van der Waals surface area contributed by atoms with Gasteiger partial charge in [-0.1, -0.05) is 13.3 Å². The molecule has 0 aromatic carbocycles. The molecule has 1 heterocycles. The Morgan fingerprint density at radius 3 is 2.50 bits per heavy atom. The molecule has 0 amide bonds. The van der Waals surface area contributed by atoms with Crippen LogP contribution in [0.1, 0.15) is 36.7 Å². The monoisotopic (exact) mass is 393 g/mol. The largest absolute Gasteiger partial charge is 0.352 e. The van der Waals surface area contributed by atoms with Gasteiger partial charge in [-0.25, -0.2) is 0 Å². The van der Waals surface area contributed by atoms with Gasteiger partial charge in [0, 0.05) is 45.5 Å². The Morgan fingerprint density at radius 1 is 1.40 bits per heavy atom. The number of aryl methyl sites for hydroxylation is 2. The van der Waals surface area contributed by atoms with Gasteiger partial charge >= 0.3 is 0 Å². The zero-order chi connectivity index (χ0) is 14.4. The molecule has 0 aliphatic rings. The normalized spacial score (nSPS) is 11.2. The molecule has 1 N–H and O–H groups in total. The number of hydrogen-bond donors (Lipinski definition) is 1. The quantitative estimate of drug-likeness (QED) is 0.475. The third-order valence-electron chi connectivity index (χ3n) is 3.50. The first-order valence-electron chi connectivity index (χ1n) is 6.92. The molecule has 0 radical (unpaired) electrons. The molecule has 0 atom stereocenters. The van der Waals surface area contributed by atoms with Gasteiger partial charge in [0.25, 0.3) is 0 Å². The molecule has 1 aromatic heterocycles. The van der Waals surface area contributed by atoms with E-state index < -0.39 is 0 Å². The molecule has 0 fully saturated rings. The number of aliphatic imine (C=N–C) groups is 1. The zero-order valence-electron chi connectivity index (χ0n) is 13.5. The number of aromatic nitrogens is 2. The second-order valence-electron chi connectivity index (χ2n) is 4.95. The Bertz CT molecular complexity index is 439. The van der Waals surface area contributed by atoms with Gasteiger partial charge in [-0.2, -0.15) is 5.10 Å². The smallest absolute Gasteiger partial charge is 0.193 e. The number of guanidine groups is 1. The molecule has 6 heteroatoms. The lowest BCUT2D eigenvalue weighted by molar-refractivity contribution is 0.464. The van der Waals surface area contributed by atoms with Crippen molar-refractivity contribution in [2.24, 2.45) is 12.0 Å². The van der Waals surface area contributed by atoms with E-state index in [0.717, 1.165) is 24.7 Å². The van der Waals surface area contributed by atoms with E-state index >= 15 is 0 Å². The second-order valence-corrected chi connectivity index (χ2v) is 4.95. The average molecular weight is 393 g/mol. The Hall–Kier alpha value is -0.790. The highest BCUT2D eigenvalue weighted by molar-refractivity contribution is 14.0. The fourth-order valence-electron chi connectivity index (χ4n) is 2.13. The molecular weight excluding hydrogens is 365 g/mol. The molecule has 5 nitrogen and oxygen atoms in total. The number of nitrogens with zero attached hydrogens (tertiary/aromatic N) is 4. The summed E-state index contributed by atoms with van der Waals surface area (Å²) in [5, 5.41) is 7.84. The molecule has 0 saturated carbocycles. The van der Waals surface area contributed by atoms with Crippen molar-refractivity contribution >= 4 is 29.9 Å². The molecule has 116 valence electrons. The van der Waals surface area contributed by atoms with Gasteiger partial charge in [0.05, 0.1) is 5.69 Å². The highest BCUT2D eigenvalue weighted by Gasteiger charge is 2.11. The third kappa shape index (κ3) is 4.96. The maximum Gasteiger partial charge on any atom is 0.193 e. The van der Waals surface area contributed by atoms with Crippen molar-refractivity contribution in [2.75, 3.05) is 20.6 Å². The Kier molecular flexibility index (Phi) is 8.84. The van der Waals surface area contributed by atoms with Crippen LogP contribution in [0.4, 0.5) is 0 Å². The molecule has 0 bridgehead atoms. The van der Waals surface area contributed by atoms with Gasteiger partial charge in [0.15, 0.2) is 5.96 Å². The molecule has 0 unspecified atom stereocenters. The summed E-state index contributed by atoms with van der Waals surface area (Å²) < 4.78 is 1.93. The molecule has 1 rings (SSSR count). The van der Waals surface area contributed by atoms with Gasteiger partial charge in [0.2, 0.25) is 0 Å². The predicted molar refractivity (Wildman–Crippen MR) is 95.8 cm³/mol. The van der Waals surface area contributed by atoms with Crippen LogP contribution in [0, 0.1) is 13.8 Å². The van der Waals surface area contributed by atoms with Crippen LogP contribution in [-0.2, 0) is 13.6 Å². The Labute approximate surface area is 139 Å². The molecule has 20 heavy (non-hydrogen) atoms. The Balaban J connectivity index is 0.00000361. The van der Waals surface area contributed by atoms with Gasteiger partial charge < -0.3 is 10.2 Å². The van der Waals surface area contributed by atoms with Crippen LogP contribution in [0.3, 0.4) is 0 Å². The standard InChI is InChI=1S/C14H27N5.HI/c1-7-8-9-18(5)14(15-4)16-10-13-11(2)17-19(6)12(13)3;/h7-10H2,1-6H3,(H,15,16);1H. The highest BCUT2D eigenvalue weighted by Crippen LogP contribution is 2.11. The van der Waals surface area contributed by atoms with Gasteiger partial charge in [-0.05, 0) is 20.3 Å². The van der Waals surface area contributed by atoms with Gasteiger partial charge in [-0.3, -0.25) is 9.67 Å². The zero-order valence-corrected chi connectivity index (χ0v) is 15.9. The van der Waals surface area contributed by atoms with Crippen molar-refractivity contribution in [3.05, 3.63) is 17.0 Å². The second kappa shape index (κ2) is 9.20. The Morgan fingerprint density at radius 2 is 2.05 bits per heavy atom. The summed E-state index contributed by atoms with van der Waals surface area (Å²) in [5.41, 5.74) is 3.54. The van der Waals surface area contributed by atoms with Crippen LogP contribution in [-0.4, -0.2) is 41.3 Å². The van der Waals surface area contributed by atoms with E-state index in [0.29, 0.717) is 0 Å². The summed E-state index contributed by atoms with van der Waals surface area (Å²) in [6.45, 7) is 8.15. The number of nitrogens with one attached hydrogen (secondary N) is 1. The minimum Gasteiger partial charge on any atom is -0.352 e. The van der Waals surface area contributed by atoms with E-state index in [1.807, 2.05) is 25.7 Å². The van der Waals surface area contributed by atoms with E-state index in [-0.39, 0.29) is 24.0 Å². The fourth-order valence-corrected chi connectivity index (χ4v) is 2.13. The third-order valence-corrected chi connectivity index (χ3v) is 3.50. The minimum atomic E-state index is 0. The average Bonchev–Trinajstić information content (AvgIpc) is 2.62. The van der Waals surface area contributed by atoms with Crippen molar-refractivity contribution < 1.29 is 0 Å². The summed E-state index contributed by atoms with van der Waals surface area (Å²) in [4.78, 5) is 6.50. The summed E-state index contributed by atoms with van der Waals surface area (Å²) in [7, 11) is 5.88. The maximum atomic E-state index is 4.43. The van der Waals surface area contributed by atoms with Crippen molar-refractivity contribution in [1.82, 2.24) is 20.0 Å². The summed E-state index contributed by atoms with van der Waals surface area (Å²) >= 11 is 0. The summed E-state index contributed by atoms with van der Waals surface area (Å²) in [5.74, 6) is 0.941. The predicted octanol–water partition coefficient (Wildman–Crippen LogP) is 2.46. The van der Waals surface area contributed by atoms with E-state index in [2.05, 4.69) is 41.2 Å².